The summed E-state index contributed by atoms with van der Waals surface area (Å²) < 4.78 is 0. The summed E-state index contributed by atoms with van der Waals surface area (Å²) in [6, 6.07) is 7.12. The summed E-state index contributed by atoms with van der Waals surface area (Å²) in [6.07, 6.45) is 6.67. The van der Waals surface area contributed by atoms with E-state index in [9.17, 15) is 0 Å². The van der Waals surface area contributed by atoms with Crippen molar-refractivity contribution in [1.82, 2.24) is 4.90 Å². The van der Waals surface area contributed by atoms with E-state index in [0.717, 1.165) is 24.7 Å². The van der Waals surface area contributed by atoms with E-state index in [0.29, 0.717) is 5.41 Å². The highest BCUT2D eigenvalue weighted by Gasteiger charge is 2.37. The van der Waals surface area contributed by atoms with Gasteiger partial charge in [0.1, 0.15) is 0 Å². The summed E-state index contributed by atoms with van der Waals surface area (Å²) in [4.78, 5) is 2.69. The number of fused-ring (bicyclic) bond motifs is 1. The van der Waals surface area contributed by atoms with E-state index in [1.54, 1.807) is 0 Å². The summed E-state index contributed by atoms with van der Waals surface area (Å²) in [7, 11) is 0. The Balaban J connectivity index is 1.83. The van der Waals surface area contributed by atoms with Crippen LogP contribution in [-0.2, 0) is 13.0 Å². The predicted octanol–water partition coefficient (Wildman–Crippen LogP) is 3.60. The molecule has 1 fully saturated rings. The lowest BCUT2D eigenvalue weighted by Crippen LogP contribution is -2.49. The molecule has 2 heteroatoms. The van der Waals surface area contributed by atoms with Crippen LogP contribution >= 0.6 is 0 Å². The van der Waals surface area contributed by atoms with E-state index in [4.69, 9.17) is 5.73 Å². The third-order valence-corrected chi connectivity index (χ3v) is 5.23. The van der Waals surface area contributed by atoms with Crippen molar-refractivity contribution >= 4 is 5.69 Å². The lowest BCUT2D eigenvalue weighted by Gasteiger charge is -2.47. The van der Waals surface area contributed by atoms with Crippen molar-refractivity contribution < 1.29 is 0 Å². The molecule has 0 spiro atoms. The van der Waals surface area contributed by atoms with Crippen molar-refractivity contribution in [2.75, 3.05) is 12.3 Å². The smallest absolute Gasteiger partial charge is 0.0362 e. The van der Waals surface area contributed by atoms with Gasteiger partial charge in [0.2, 0.25) is 0 Å². The molecule has 19 heavy (non-hydrogen) atoms. The van der Waals surface area contributed by atoms with Crippen molar-refractivity contribution in [2.24, 2.45) is 5.41 Å². The zero-order valence-corrected chi connectivity index (χ0v) is 12.3. The lowest BCUT2D eigenvalue weighted by molar-refractivity contribution is 0.0396. The molecule has 2 N–H and O–H groups in total. The van der Waals surface area contributed by atoms with Crippen LogP contribution in [0.15, 0.2) is 18.2 Å². The normalized spacial score (nSPS) is 26.9. The molecule has 1 aromatic carbocycles. The fourth-order valence-corrected chi connectivity index (χ4v) is 4.05. The molecule has 2 nitrogen and oxygen atoms in total. The van der Waals surface area contributed by atoms with Gasteiger partial charge in [-0.2, -0.15) is 0 Å². The Morgan fingerprint density at radius 1 is 1.26 bits per heavy atom. The van der Waals surface area contributed by atoms with Crippen molar-refractivity contribution in [2.45, 2.75) is 58.5 Å². The number of nitrogens with zero attached hydrogens (tertiary/aromatic N) is 1. The number of anilines is 1. The summed E-state index contributed by atoms with van der Waals surface area (Å²) in [5, 5.41) is 0. The first kappa shape index (κ1) is 13.0. The minimum Gasteiger partial charge on any atom is -0.398 e. The zero-order chi connectivity index (χ0) is 13.5. The van der Waals surface area contributed by atoms with Crippen LogP contribution in [0.4, 0.5) is 5.69 Å². The molecular weight excluding hydrogens is 232 g/mol. The molecule has 104 valence electrons. The molecule has 1 aliphatic carbocycles. The number of rotatable bonds is 1. The van der Waals surface area contributed by atoms with Gasteiger partial charge in [-0.25, -0.2) is 0 Å². The van der Waals surface area contributed by atoms with Crippen molar-refractivity contribution in [1.29, 1.82) is 0 Å². The number of hydrogen-bond acceptors (Lipinski definition) is 2. The predicted molar refractivity (Wildman–Crippen MR) is 81.0 cm³/mol. The number of nitrogen functional groups attached to an aromatic ring is 1. The van der Waals surface area contributed by atoms with E-state index in [2.05, 4.69) is 30.9 Å². The molecule has 1 aliphatic heterocycles. The maximum absolute atomic E-state index is 6.17. The first-order chi connectivity index (χ1) is 9.08. The summed E-state index contributed by atoms with van der Waals surface area (Å²) in [5.74, 6) is 0. The molecular formula is C17H26N2. The Kier molecular flexibility index (Phi) is 3.30. The molecule has 0 aromatic heterocycles. The zero-order valence-electron chi connectivity index (χ0n) is 12.3. The van der Waals surface area contributed by atoms with E-state index in [1.165, 1.54) is 43.4 Å². The third kappa shape index (κ3) is 2.38. The molecule has 1 unspecified atom stereocenters. The third-order valence-electron chi connectivity index (χ3n) is 5.23. The summed E-state index contributed by atoms with van der Waals surface area (Å²) in [6.45, 7) is 7.14. The number of benzene rings is 1. The van der Waals surface area contributed by atoms with Crippen LogP contribution in [0.25, 0.3) is 0 Å². The van der Waals surface area contributed by atoms with Crippen LogP contribution in [0.2, 0.25) is 0 Å². The quantitative estimate of drug-likeness (QED) is 0.780. The van der Waals surface area contributed by atoms with Gasteiger partial charge in [-0.05, 0) is 41.9 Å². The van der Waals surface area contributed by atoms with Crippen molar-refractivity contribution in [3.8, 4) is 0 Å². The van der Waals surface area contributed by atoms with Gasteiger partial charge in [-0.3, -0.25) is 4.90 Å². The van der Waals surface area contributed by atoms with Gasteiger partial charge in [0, 0.05) is 24.8 Å². The van der Waals surface area contributed by atoms with Gasteiger partial charge in [-0.1, -0.05) is 38.8 Å². The second-order valence-electron chi connectivity index (χ2n) is 6.96. The largest absolute Gasteiger partial charge is 0.398 e. The van der Waals surface area contributed by atoms with E-state index < -0.39 is 0 Å². The van der Waals surface area contributed by atoms with Gasteiger partial charge < -0.3 is 5.73 Å². The van der Waals surface area contributed by atoms with Gasteiger partial charge in [0.25, 0.3) is 0 Å². The molecule has 2 aliphatic rings. The molecule has 1 heterocycles. The number of nitrogens with two attached hydrogens (primary N) is 1. The molecule has 1 saturated carbocycles. The van der Waals surface area contributed by atoms with Crippen LogP contribution in [0.5, 0.6) is 0 Å². The van der Waals surface area contributed by atoms with Crippen molar-refractivity contribution in [3.63, 3.8) is 0 Å². The van der Waals surface area contributed by atoms with Crippen molar-refractivity contribution in [3.05, 3.63) is 29.3 Å². The summed E-state index contributed by atoms with van der Waals surface area (Å²) >= 11 is 0. The van der Waals surface area contributed by atoms with E-state index in [-0.39, 0.29) is 0 Å². The van der Waals surface area contributed by atoms with Crippen LogP contribution in [-0.4, -0.2) is 17.5 Å². The molecule has 1 aromatic rings. The molecule has 3 rings (SSSR count). The van der Waals surface area contributed by atoms with Gasteiger partial charge in [0.15, 0.2) is 0 Å². The average Bonchev–Trinajstić information content (AvgIpc) is 2.39. The van der Waals surface area contributed by atoms with Crippen LogP contribution in [0, 0.1) is 5.41 Å². The van der Waals surface area contributed by atoms with Crippen LogP contribution < -0.4 is 5.73 Å². The highest BCUT2D eigenvalue weighted by Crippen LogP contribution is 2.40. The molecule has 0 saturated heterocycles. The maximum atomic E-state index is 6.17. The fraction of sp³-hybridized carbons (Fsp3) is 0.647. The molecule has 0 radical (unpaired) electrons. The van der Waals surface area contributed by atoms with Crippen LogP contribution in [0.3, 0.4) is 0 Å². The average molecular weight is 258 g/mol. The number of hydrogen-bond donors (Lipinski definition) is 1. The fourth-order valence-electron chi connectivity index (χ4n) is 4.05. The van der Waals surface area contributed by atoms with Gasteiger partial charge in [-0.15, -0.1) is 0 Å². The Bertz CT molecular complexity index is 464. The Hall–Kier alpha value is -1.02. The monoisotopic (exact) mass is 258 g/mol. The molecule has 1 atom stereocenters. The maximum Gasteiger partial charge on any atom is 0.0362 e. The first-order valence-corrected chi connectivity index (χ1v) is 7.68. The Morgan fingerprint density at radius 3 is 2.89 bits per heavy atom. The molecule has 0 bridgehead atoms. The van der Waals surface area contributed by atoms with Gasteiger partial charge >= 0.3 is 0 Å². The summed E-state index contributed by atoms with van der Waals surface area (Å²) in [5.41, 5.74) is 10.5. The SMILES string of the molecule is CC1(C)CCCCC1N1CCc2cccc(N)c2C1. The molecule has 0 amide bonds. The Labute approximate surface area is 117 Å². The minimum atomic E-state index is 0.458. The van der Waals surface area contributed by atoms with Gasteiger partial charge in [0.05, 0.1) is 0 Å². The standard InChI is InChI=1S/C17H26N2/c1-17(2)10-4-3-8-16(17)19-11-9-13-6-5-7-15(18)14(13)12-19/h5-7,16H,3-4,8-12,18H2,1-2H3. The van der Waals surface area contributed by atoms with Crippen LogP contribution in [0.1, 0.15) is 50.7 Å². The Morgan fingerprint density at radius 2 is 2.11 bits per heavy atom. The second-order valence-corrected chi connectivity index (χ2v) is 6.96. The first-order valence-electron chi connectivity index (χ1n) is 7.68. The van der Waals surface area contributed by atoms with E-state index in [1.807, 2.05) is 6.07 Å². The second kappa shape index (κ2) is 4.82. The highest BCUT2D eigenvalue weighted by molar-refractivity contribution is 5.51. The van der Waals surface area contributed by atoms with E-state index >= 15 is 0 Å². The minimum absolute atomic E-state index is 0.458. The highest BCUT2D eigenvalue weighted by atomic mass is 15.2. The lowest BCUT2D eigenvalue weighted by atomic mass is 9.72. The topological polar surface area (TPSA) is 29.3 Å².